The average molecular weight is 403 g/mol. The van der Waals surface area contributed by atoms with Crippen molar-refractivity contribution >= 4 is 11.8 Å². The van der Waals surface area contributed by atoms with Gasteiger partial charge in [0.25, 0.3) is 11.8 Å². The fourth-order valence-corrected chi connectivity index (χ4v) is 3.31. The van der Waals surface area contributed by atoms with Gasteiger partial charge in [0.1, 0.15) is 12.4 Å². The topological polar surface area (TPSA) is 85.5 Å². The Morgan fingerprint density at radius 3 is 2.60 bits per heavy atom. The molecule has 0 saturated carbocycles. The van der Waals surface area contributed by atoms with Gasteiger partial charge in [0.2, 0.25) is 0 Å². The van der Waals surface area contributed by atoms with E-state index in [1.165, 1.54) is 0 Å². The van der Waals surface area contributed by atoms with E-state index in [9.17, 15) is 9.59 Å². The molecule has 1 heterocycles. The molecule has 0 bridgehead atoms. The Balaban J connectivity index is 1.76. The minimum absolute atomic E-state index is 0.0618. The van der Waals surface area contributed by atoms with Gasteiger partial charge in [-0.3, -0.25) is 14.6 Å². The number of carbonyl (C=O) groups excluding carboxylic acids is 2. The van der Waals surface area contributed by atoms with Gasteiger partial charge < -0.3 is 15.4 Å². The molecule has 0 radical (unpaired) electrons. The Hall–Kier alpha value is -3.67. The van der Waals surface area contributed by atoms with Gasteiger partial charge in [0.15, 0.2) is 0 Å². The zero-order valence-corrected chi connectivity index (χ0v) is 17.1. The molecule has 1 aromatic heterocycles. The molecule has 0 saturated heterocycles. The Kier molecular flexibility index (Phi) is 6.80. The Morgan fingerprint density at radius 1 is 1.10 bits per heavy atom. The fourth-order valence-electron chi connectivity index (χ4n) is 3.31. The summed E-state index contributed by atoms with van der Waals surface area (Å²) in [7, 11) is 0. The molecule has 30 heavy (non-hydrogen) atoms. The monoisotopic (exact) mass is 403 g/mol. The molecule has 3 rings (SSSR count). The summed E-state index contributed by atoms with van der Waals surface area (Å²) < 4.78 is 5.79. The minimum Gasteiger partial charge on any atom is -0.488 e. The Morgan fingerprint density at radius 2 is 1.90 bits per heavy atom. The zero-order valence-electron chi connectivity index (χ0n) is 17.1. The third kappa shape index (κ3) is 4.84. The number of carbonyl (C=O) groups is 2. The van der Waals surface area contributed by atoms with Gasteiger partial charge in [-0.05, 0) is 55.3 Å². The maximum Gasteiger partial charge on any atom is 0.254 e. The van der Waals surface area contributed by atoms with Crippen LogP contribution in [0.4, 0.5) is 0 Å². The van der Waals surface area contributed by atoms with Gasteiger partial charge in [-0.1, -0.05) is 30.3 Å². The van der Waals surface area contributed by atoms with Gasteiger partial charge in [-0.25, -0.2) is 0 Å². The van der Waals surface area contributed by atoms with E-state index in [1.54, 1.807) is 47.6 Å². The second-order valence-corrected chi connectivity index (χ2v) is 6.90. The van der Waals surface area contributed by atoms with Crippen molar-refractivity contribution < 1.29 is 14.3 Å². The first-order valence-corrected chi connectivity index (χ1v) is 9.82. The minimum atomic E-state index is -0.544. The molecule has 0 aliphatic carbocycles. The van der Waals surface area contributed by atoms with Crippen LogP contribution < -0.4 is 10.5 Å². The zero-order chi connectivity index (χ0) is 21.5. The van der Waals surface area contributed by atoms with E-state index in [0.717, 1.165) is 11.1 Å². The fraction of sp³-hybridized carbons (Fsp3) is 0.208. The molecule has 2 aromatic carbocycles. The number of hydrogen-bond donors (Lipinski definition) is 1. The summed E-state index contributed by atoms with van der Waals surface area (Å²) in [4.78, 5) is 30.7. The summed E-state index contributed by atoms with van der Waals surface area (Å²) in [5, 5.41) is 0. The van der Waals surface area contributed by atoms with Crippen LogP contribution in [0.25, 0.3) is 0 Å². The third-order valence-electron chi connectivity index (χ3n) is 4.96. The lowest BCUT2D eigenvalue weighted by Crippen LogP contribution is -2.33. The number of aromatic nitrogens is 1. The molecule has 0 aliphatic heterocycles. The number of rotatable bonds is 8. The van der Waals surface area contributed by atoms with Crippen LogP contribution in [0.3, 0.4) is 0 Å². The van der Waals surface area contributed by atoms with Crippen molar-refractivity contribution in [3.05, 3.63) is 95.3 Å². The summed E-state index contributed by atoms with van der Waals surface area (Å²) in [5.41, 5.74) is 8.11. The summed E-state index contributed by atoms with van der Waals surface area (Å²) in [6.45, 7) is 4.74. The van der Waals surface area contributed by atoms with Crippen molar-refractivity contribution in [2.45, 2.75) is 26.5 Å². The summed E-state index contributed by atoms with van der Waals surface area (Å²) in [5.74, 6) is -0.187. The molecule has 6 heteroatoms. The first kappa shape index (κ1) is 21.0. The maximum absolute atomic E-state index is 13.2. The average Bonchev–Trinajstić information content (AvgIpc) is 2.79. The maximum atomic E-state index is 13.2. The van der Waals surface area contributed by atoms with E-state index in [1.807, 2.05) is 44.2 Å². The lowest BCUT2D eigenvalue weighted by atomic mass is 10.1. The van der Waals surface area contributed by atoms with Crippen LogP contribution in [-0.4, -0.2) is 28.2 Å². The SMILES string of the molecule is CCN(C(=O)c1cccc(COc2ccccc2C(N)=O)c1)C(C)c1cccnc1. The van der Waals surface area contributed by atoms with E-state index >= 15 is 0 Å². The highest BCUT2D eigenvalue weighted by atomic mass is 16.5. The lowest BCUT2D eigenvalue weighted by molar-refractivity contribution is 0.0701. The predicted molar refractivity (Wildman–Crippen MR) is 115 cm³/mol. The van der Waals surface area contributed by atoms with E-state index < -0.39 is 5.91 Å². The Bertz CT molecular complexity index is 1020. The van der Waals surface area contributed by atoms with E-state index in [4.69, 9.17) is 10.5 Å². The highest BCUT2D eigenvalue weighted by molar-refractivity contribution is 5.95. The number of hydrogen-bond acceptors (Lipinski definition) is 4. The smallest absolute Gasteiger partial charge is 0.254 e. The van der Waals surface area contributed by atoms with Crippen molar-refractivity contribution in [2.75, 3.05) is 6.54 Å². The molecule has 6 nitrogen and oxygen atoms in total. The van der Waals surface area contributed by atoms with Crippen LogP contribution in [0, 0.1) is 0 Å². The van der Waals surface area contributed by atoms with Crippen LogP contribution in [0.5, 0.6) is 5.75 Å². The van der Waals surface area contributed by atoms with Gasteiger partial charge >= 0.3 is 0 Å². The van der Waals surface area contributed by atoms with Crippen LogP contribution in [0.1, 0.15) is 51.7 Å². The van der Waals surface area contributed by atoms with Crippen LogP contribution >= 0.6 is 0 Å². The van der Waals surface area contributed by atoms with Crippen LogP contribution in [0.15, 0.2) is 73.1 Å². The molecule has 2 N–H and O–H groups in total. The summed E-state index contributed by atoms with van der Waals surface area (Å²) in [6.07, 6.45) is 3.50. The number of nitrogens with zero attached hydrogens (tertiary/aromatic N) is 2. The molecule has 2 amide bonds. The second-order valence-electron chi connectivity index (χ2n) is 6.90. The molecule has 1 unspecified atom stereocenters. The largest absolute Gasteiger partial charge is 0.488 e. The van der Waals surface area contributed by atoms with Crippen molar-refractivity contribution in [1.29, 1.82) is 0 Å². The number of amides is 2. The third-order valence-corrected chi connectivity index (χ3v) is 4.96. The number of ether oxygens (including phenoxy) is 1. The van der Waals surface area contributed by atoms with E-state index in [0.29, 0.717) is 23.4 Å². The summed E-state index contributed by atoms with van der Waals surface area (Å²) in [6, 6.07) is 17.9. The highest BCUT2D eigenvalue weighted by Gasteiger charge is 2.21. The molecule has 3 aromatic rings. The van der Waals surface area contributed by atoms with Gasteiger partial charge in [-0.2, -0.15) is 0 Å². The molecule has 0 fully saturated rings. The van der Waals surface area contributed by atoms with Crippen molar-refractivity contribution in [3.8, 4) is 5.75 Å². The number of pyridine rings is 1. The van der Waals surface area contributed by atoms with E-state index in [-0.39, 0.29) is 18.6 Å². The van der Waals surface area contributed by atoms with Crippen molar-refractivity contribution in [3.63, 3.8) is 0 Å². The number of para-hydroxylation sites is 1. The van der Waals surface area contributed by atoms with Gasteiger partial charge in [0, 0.05) is 24.5 Å². The molecular weight excluding hydrogens is 378 g/mol. The molecule has 154 valence electrons. The molecule has 0 aliphatic rings. The van der Waals surface area contributed by atoms with Crippen molar-refractivity contribution in [1.82, 2.24) is 9.88 Å². The number of nitrogens with two attached hydrogens (primary N) is 1. The first-order valence-electron chi connectivity index (χ1n) is 9.82. The molecular formula is C24H25N3O3. The summed E-state index contributed by atoms with van der Waals surface area (Å²) >= 11 is 0. The van der Waals surface area contributed by atoms with Crippen LogP contribution in [-0.2, 0) is 6.61 Å². The normalized spacial score (nSPS) is 11.5. The standard InChI is InChI=1S/C24H25N3O3/c1-3-27(17(2)20-10-7-13-26-15-20)24(29)19-9-6-8-18(14-19)16-30-22-12-5-4-11-21(22)23(25)28/h4-15,17H,3,16H2,1-2H3,(H2,25,28). The van der Waals surface area contributed by atoms with E-state index in [2.05, 4.69) is 4.98 Å². The molecule has 1 atom stereocenters. The highest BCUT2D eigenvalue weighted by Crippen LogP contribution is 2.23. The quantitative estimate of drug-likeness (QED) is 0.616. The van der Waals surface area contributed by atoms with Crippen molar-refractivity contribution in [2.24, 2.45) is 5.73 Å². The van der Waals surface area contributed by atoms with Gasteiger partial charge in [0.05, 0.1) is 11.6 Å². The number of primary amides is 1. The molecule has 0 spiro atoms. The lowest BCUT2D eigenvalue weighted by Gasteiger charge is -2.28. The van der Waals surface area contributed by atoms with Crippen LogP contribution in [0.2, 0.25) is 0 Å². The van der Waals surface area contributed by atoms with Gasteiger partial charge in [-0.15, -0.1) is 0 Å². The number of benzene rings is 2. The first-order chi connectivity index (χ1) is 14.5. The predicted octanol–water partition coefficient (Wildman–Crippen LogP) is 3.98. The Labute approximate surface area is 176 Å². The second kappa shape index (κ2) is 9.69.